The highest BCUT2D eigenvalue weighted by atomic mass is 15.1. The molecule has 0 aliphatic carbocycles. The summed E-state index contributed by atoms with van der Waals surface area (Å²) in [6.45, 7) is 4.75. The Morgan fingerprint density at radius 2 is 2.30 bits per heavy atom. The molecule has 0 aromatic rings. The molecule has 10 heavy (non-hydrogen) atoms. The van der Waals surface area contributed by atoms with Crippen molar-refractivity contribution in [2.45, 2.75) is 31.8 Å². The second-order valence-electron chi connectivity index (χ2n) is 3.45. The maximum atomic E-state index is 3.56. The van der Waals surface area contributed by atoms with Gasteiger partial charge in [-0.1, -0.05) is 6.92 Å². The molecule has 0 bridgehead atoms. The molecule has 0 saturated carbocycles. The first-order valence-corrected chi connectivity index (χ1v) is 4.38. The number of rotatable bonds is 1. The fourth-order valence-electron chi connectivity index (χ4n) is 2.31. The number of fused-ring (bicyclic) bond motifs is 1. The average molecular weight is 140 g/mol. The largest absolute Gasteiger partial charge is 0.312 e. The second-order valence-corrected chi connectivity index (χ2v) is 3.45. The van der Waals surface area contributed by atoms with Gasteiger partial charge in [0.15, 0.2) is 0 Å². The summed E-state index contributed by atoms with van der Waals surface area (Å²) in [5, 5.41) is 7.10. The van der Waals surface area contributed by atoms with Crippen LogP contribution in [0.4, 0.5) is 0 Å². The van der Waals surface area contributed by atoms with Gasteiger partial charge in [0.05, 0.1) is 0 Å². The van der Waals surface area contributed by atoms with Crippen molar-refractivity contribution >= 4 is 0 Å². The van der Waals surface area contributed by atoms with E-state index in [9.17, 15) is 0 Å². The molecule has 0 amide bonds. The molecule has 2 saturated heterocycles. The second kappa shape index (κ2) is 2.51. The van der Waals surface area contributed by atoms with Crippen molar-refractivity contribution in [3.8, 4) is 0 Å². The minimum atomic E-state index is 0.757. The van der Waals surface area contributed by atoms with Gasteiger partial charge in [0.2, 0.25) is 0 Å². The Morgan fingerprint density at radius 1 is 1.40 bits per heavy atom. The fraction of sp³-hybridized carbons (Fsp3) is 1.00. The smallest absolute Gasteiger partial charge is 0.0261 e. The summed E-state index contributed by atoms with van der Waals surface area (Å²) < 4.78 is 0. The van der Waals surface area contributed by atoms with Gasteiger partial charge in [0.25, 0.3) is 0 Å². The van der Waals surface area contributed by atoms with E-state index in [1.54, 1.807) is 0 Å². The van der Waals surface area contributed by atoms with Crippen LogP contribution in [0.5, 0.6) is 0 Å². The van der Waals surface area contributed by atoms with E-state index in [1.165, 1.54) is 25.9 Å². The molecule has 2 N–H and O–H groups in total. The van der Waals surface area contributed by atoms with Crippen LogP contribution < -0.4 is 10.6 Å². The minimum Gasteiger partial charge on any atom is -0.312 e. The van der Waals surface area contributed by atoms with Gasteiger partial charge in [-0.25, -0.2) is 0 Å². The number of hydrogen-bond acceptors (Lipinski definition) is 2. The SMILES string of the molecule is CCC1NC[C@H]2CCN[C@@H]12. The van der Waals surface area contributed by atoms with E-state index < -0.39 is 0 Å². The van der Waals surface area contributed by atoms with Crippen LogP contribution in [0.2, 0.25) is 0 Å². The van der Waals surface area contributed by atoms with Crippen LogP contribution in [-0.2, 0) is 0 Å². The van der Waals surface area contributed by atoms with E-state index in [2.05, 4.69) is 17.6 Å². The molecule has 0 aromatic carbocycles. The van der Waals surface area contributed by atoms with Crippen molar-refractivity contribution < 1.29 is 0 Å². The summed E-state index contributed by atoms with van der Waals surface area (Å²) in [6, 6.07) is 1.55. The highest BCUT2D eigenvalue weighted by Crippen LogP contribution is 2.24. The summed E-state index contributed by atoms with van der Waals surface area (Å²) >= 11 is 0. The maximum absolute atomic E-state index is 3.56. The fourth-order valence-corrected chi connectivity index (χ4v) is 2.31. The van der Waals surface area contributed by atoms with Crippen molar-refractivity contribution in [2.24, 2.45) is 5.92 Å². The summed E-state index contributed by atoms with van der Waals surface area (Å²) in [6.07, 6.45) is 2.66. The van der Waals surface area contributed by atoms with Gasteiger partial charge in [0.1, 0.15) is 0 Å². The van der Waals surface area contributed by atoms with Gasteiger partial charge in [0, 0.05) is 12.1 Å². The van der Waals surface area contributed by atoms with Crippen molar-refractivity contribution in [3.63, 3.8) is 0 Å². The van der Waals surface area contributed by atoms with Crippen molar-refractivity contribution in [2.75, 3.05) is 13.1 Å². The van der Waals surface area contributed by atoms with Crippen LogP contribution in [-0.4, -0.2) is 25.2 Å². The van der Waals surface area contributed by atoms with Gasteiger partial charge < -0.3 is 10.6 Å². The molecule has 0 aromatic heterocycles. The molecule has 2 heterocycles. The van der Waals surface area contributed by atoms with Crippen LogP contribution in [0.25, 0.3) is 0 Å². The Balaban J connectivity index is 2.01. The Labute approximate surface area is 62.4 Å². The van der Waals surface area contributed by atoms with Crippen molar-refractivity contribution in [1.82, 2.24) is 10.6 Å². The van der Waals surface area contributed by atoms with E-state index in [0.717, 1.165) is 18.0 Å². The first-order valence-electron chi connectivity index (χ1n) is 4.38. The van der Waals surface area contributed by atoms with E-state index in [4.69, 9.17) is 0 Å². The zero-order valence-electron chi connectivity index (χ0n) is 6.56. The predicted octanol–water partition coefficient (Wildman–Crippen LogP) is 0.346. The first-order chi connectivity index (χ1) is 4.92. The molecule has 2 aliphatic heterocycles. The monoisotopic (exact) mass is 140 g/mol. The molecular formula is C8H16N2. The first kappa shape index (κ1) is 6.62. The minimum absolute atomic E-state index is 0.757. The molecule has 3 atom stereocenters. The lowest BCUT2D eigenvalue weighted by atomic mass is 9.99. The molecule has 1 unspecified atom stereocenters. The van der Waals surface area contributed by atoms with Gasteiger partial charge in [-0.3, -0.25) is 0 Å². The third kappa shape index (κ3) is 0.867. The number of hydrogen-bond donors (Lipinski definition) is 2. The highest BCUT2D eigenvalue weighted by molar-refractivity contribution is 4.98. The molecule has 2 rings (SSSR count). The van der Waals surface area contributed by atoms with E-state index in [-0.39, 0.29) is 0 Å². The summed E-state index contributed by atoms with van der Waals surface area (Å²) in [5.41, 5.74) is 0. The molecule has 0 radical (unpaired) electrons. The summed E-state index contributed by atoms with van der Waals surface area (Å²) in [4.78, 5) is 0. The molecule has 2 heteroatoms. The van der Waals surface area contributed by atoms with E-state index in [0.29, 0.717) is 0 Å². The summed E-state index contributed by atoms with van der Waals surface area (Å²) in [7, 11) is 0. The standard InChI is InChI=1S/C8H16N2/c1-2-7-8-6(5-10-7)3-4-9-8/h6-10H,2-5H2,1H3/t6-,7?,8-/m1/s1. The zero-order chi connectivity index (χ0) is 6.97. The molecule has 2 fully saturated rings. The molecule has 2 nitrogen and oxygen atoms in total. The van der Waals surface area contributed by atoms with E-state index in [1.807, 2.05) is 0 Å². The highest BCUT2D eigenvalue weighted by Gasteiger charge is 2.37. The molecular weight excluding hydrogens is 124 g/mol. The summed E-state index contributed by atoms with van der Waals surface area (Å²) in [5.74, 6) is 0.935. The van der Waals surface area contributed by atoms with E-state index >= 15 is 0 Å². The zero-order valence-corrected chi connectivity index (χ0v) is 6.56. The lowest BCUT2D eigenvalue weighted by Crippen LogP contribution is -2.38. The van der Waals surface area contributed by atoms with Crippen LogP contribution >= 0.6 is 0 Å². The molecule has 0 spiro atoms. The Hall–Kier alpha value is -0.0800. The number of nitrogens with one attached hydrogen (secondary N) is 2. The lowest BCUT2D eigenvalue weighted by molar-refractivity contribution is 0.459. The Morgan fingerprint density at radius 3 is 3.10 bits per heavy atom. The Bertz CT molecular complexity index is 124. The quantitative estimate of drug-likeness (QED) is 0.549. The topological polar surface area (TPSA) is 24.1 Å². The predicted molar refractivity (Wildman–Crippen MR) is 42.0 cm³/mol. The van der Waals surface area contributed by atoms with Crippen LogP contribution in [0, 0.1) is 5.92 Å². The lowest BCUT2D eigenvalue weighted by Gasteiger charge is -2.15. The van der Waals surface area contributed by atoms with Crippen molar-refractivity contribution in [3.05, 3.63) is 0 Å². The van der Waals surface area contributed by atoms with Gasteiger partial charge in [-0.15, -0.1) is 0 Å². The van der Waals surface area contributed by atoms with Gasteiger partial charge >= 0.3 is 0 Å². The van der Waals surface area contributed by atoms with Gasteiger partial charge in [-0.05, 0) is 31.8 Å². The van der Waals surface area contributed by atoms with Gasteiger partial charge in [-0.2, -0.15) is 0 Å². The maximum Gasteiger partial charge on any atom is 0.0261 e. The van der Waals surface area contributed by atoms with Crippen LogP contribution in [0.3, 0.4) is 0 Å². The molecule has 58 valence electrons. The average Bonchev–Trinajstić information content (AvgIpc) is 2.44. The Kier molecular flexibility index (Phi) is 1.66. The van der Waals surface area contributed by atoms with Crippen molar-refractivity contribution in [1.29, 1.82) is 0 Å². The molecule has 2 aliphatic rings. The van der Waals surface area contributed by atoms with Crippen LogP contribution in [0.15, 0.2) is 0 Å². The van der Waals surface area contributed by atoms with Crippen LogP contribution in [0.1, 0.15) is 19.8 Å². The third-order valence-electron chi connectivity index (χ3n) is 2.92. The normalized spacial score (nSPS) is 45.9. The third-order valence-corrected chi connectivity index (χ3v) is 2.92.